The minimum Gasteiger partial charge on any atom is -0.399 e. The van der Waals surface area contributed by atoms with Gasteiger partial charge in [0.2, 0.25) is 0 Å². The Labute approximate surface area is 62.0 Å². The van der Waals surface area contributed by atoms with Crippen molar-refractivity contribution in [2.24, 2.45) is 5.73 Å². The fourth-order valence-corrected chi connectivity index (χ4v) is 0.768. The molecule has 0 fully saturated rings. The Bertz CT molecular complexity index is 238. The predicted molar refractivity (Wildman–Crippen MR) is 47.8 cm³/mol. The summed E-state index contributed by atoms with van der Waals surface area (Å²) in [5.41, 5.74) is 8.34. The van der Waals surface area contributed by atoms with Gasteiger partial charge >= 0.3 is 0 Å². The molecule has 50 valence electrons. The first-order chi connectivity index (χ1) is 4.70. The highest BCUT2D eigenvalue weighted by Gasteiger charge is 1.90. The highest BCUT2D eigenvalue weighted by molar-refractivity contribution is 6.32. The highest BCUT2D eigenvalue weighted by Crippen LogP contribution is 2.02. The van der Waals surface area contributed by atoms with Crippen LogP contribution in [0, 0.1) is 0 Å². The van der Waals surface area contributed by atoms with E-state index in [0.29, 0.717) is 5.70 Å². The molecule has 1 rings (SSSR count). The molecule has 0 heterocycles. The lowest BCUT2D eigenvalue weighted by molar-refractivity contribution is 1.55. The van der Waals surface area contributed by atoms with Crippen LogP contribution in [0.25, 0.3) is 5.70 Å². The average molecular weight is 131 g/mol. The van der Waals surface area contributed by atoms with Gasteiger partial charge in [-0.2, -0.15) is 0 Å². The van der Waals surface area contributed by atoms with E-state index in [-0.39, 0.29) is 0 Å². The second-order valence-corrected chi connectivity index (χ2v) is 2.39. The number of rotatable bonds is 1. The highest BCUT2D eigenvalue weighted by atomic mass is 14.6. The van der Waals surface area contributed by atoms with E-state index in [0.717, 1.165) is 5.56 Å². The van der Waals surface area contributed by atoms with Gasteiger partial charge in [0, 0.05) is 5.70 Å². The van der Waals surface area contributed by atoms with E-state index in [4.69, 9.17) is 5.73 Å². The SMILES string of the molecule is Bc1ccc(C(=C)N)cc1. The molecule has 0 aliphatic heterocycles. The van der Waals surface area contributed by atoms with Crippen LogP contribution < -0.4 is 11.2 Å². The third kappa shape index (κ3) is 1.41. The van der Waals surface area contributed by atoms with Gasteiger partial charge in [0.25, 0.3) is 0 Å². The van der Waals surface area contributed by atoms with Crippen LogP contribution in [-0.2, 0) is 0 Å². The van der Waals surface area contributed by atoms with Gasteiger partial charge < -0.3 is 5.73 Å². The molecule has 0 amide bonds. The van der Waals surface area contributed by atoms with Crippen LogP contribution in [0.1, 0.15) is 5.56 Å². The molecule has 2 N–H and O–H groups in total. The van der Waals surface area contributed by atoms with Crippen molar-refractivity contribution >= 4 is 19.0 Å². The number of hydrogen-bond donors (Lipinski definition) is 1. The first kappa shape index (κ1) is 6.94. The summed E-state index contributed by atoms with van der Waals surface area (Å²) in [5.74, 6) is 0. The van der Waals surface area contributed by atoms with Crippen molar-refractivity contribution in [3.8, 4) is 0 Å². The quantitative estimate of drug-likeness (QED) is 0.528. The third-order valence-corrected chi connectivity index (χ3v) is 1.42. The molecular weight excluding hydrogens is 121 g/mol. The van der Waals surface area contributed by atoms with Gasteiger partial charge in [-0.05, 0) is 5.56 Å². The summed E-state index contributed by atoms with van der Waals surface area (Å²) < 4.78 is 0. The fraction of sp³-hybridized carbons (Fsp3) is 0. The van der Waals surface area contributed by atoms with Crippen molar-refractivity contribution in [2.45, 2.75) is 0 Å². The molecule has 1 aromatic carbocycles. The summed E-state index contributed by atoms with van der Waals surface area (Å²) >= 11 is 0. The zero-order valence-electron chi connectivity index (χ0n) is 6.09. The third-order valence-electron chi connectivity index (χ3n) is 1.42. The Morgan fingerprint density at radius 2 is 1.80 bits per heavy atom. The normalized spacial score (nSPS) is 9.20. The smallest absolute Gasteiger partial charge is 0.139 e. The van der Waals surface area contributed by atoms with E-state index in [1.54, 1.807) is 0 Å². The van der Waals surface area contributed by atoms with Crippen molar-refractivity contribution in [1.82, 2.24) is 0 Å². The Hall–Kier alpha value is -1.18. The zero-order valence-corrected chi connectivity index (χ0v) is 6.09. The fourth-order valence-electron chi connectivity index (χ4n) is 0.768. The van der Waals surface area contributed by atoms with Gasteiger partial charge in [-0.1, -0.05) is 36.3 Å². The molecule has 0 unspecified atom stereocenters. The Balaban J connectivity index is 3.00. The molecule has 0 aliphatic rings. The van der Waals surface area contributed by atoms with Gasteiger partial charge in [0.1, 0.15) is 7.85 Å². The van der Waals surface area contributed by atoms with Crippen molar-refractivity contribution in [3.05, 3.63) is 36.4 Å². The molecule has 0 spiro atoms. The van der Waals surface area contributed by atoms with Gasteiger partial charge in [0.05, 0.1) is 0 Å². The molecule has 0 aliphatic carbocycles. The van der Waals surface area contributed by atoms with E-state index in [2.05, 4.69) is 6.58 Å². The minimum atomic E-state index is 0.625. The molecule has 2 heteroatoms. The lowest BCUT2D eigenvalue weighted by atomic mass is 9.95. The first-order valence-corrected chi connectivity index (χ1v) is 3.21. The number of nitrogens with two attached hydrogens (primary N) is 1. The molecular formula is C8H10BN. The van der Waals surface area contributed by atoms with E-state index >= 15 is 0 Å². The minimum absolute atomic E-state index is 0.625. The Morgan fingerprint density at radius 1 is 1.30 bits per heavy atom. The standard InChI is InChI=1S/C8H10BN/c1-6(10)7-2-4-8(9)5-3-7/h2-5H,1,9-10H2. The second-order valence-electron chi connectivity index (χ2n) is 2.39. The first-order valence-electron chi connectivity index (χ1n) is 3.21. The lowest BCUT2D eigenvalue weighted by Crippen LogP contribution is -2.02. The van der Waals surface area contributed by atoms with Gasteiger partial charge in [-0.25, -0.2) is 0 Å². The maximum atomic E-state index is 5.47. The van der Waals surface area contributed by atoms with Crippen LogP contribution in [-0.4, -0.2) is 7.85 Å². The van der Waals surface area contributed by atoms with Gasteiger partial charge in [0.15, 0.2) is 0 Å². The van der Waals surface area contributed by atoms with E-state index < -0.39 is 0 Å². The summed E-state index contributed by atoms with van der Waals surface area (Å²) in [6.07, 6.45) is 0. The predicted octanol–water partition coefficient (Wildman–Crippen LogP) is -0.126. The largest absolute Gasteiger partial charge is 0.399 e. The zero-order chi connectivity index (χ0) is 7.56. The number of benzene rings is 1. The summed E-state index contributed by atoms with van der Waals surface area (Å²) in [5, 5.41) is 0. The maximum Gasteiger partial charge on any atom is 0.139 e. The summed E-state index contributed by atoms with van der Waals surface area (Å²) in [6, 6.07) is 7.98. The van der Waals surface area contributed by atoms with Crippen molar-refractivity contribution in [2.75, 3.05) is 0 Å². The van der Waals surface area contributed by atoms with Crippen molar-refractivity contribution in [1.29, 1.82) is 0 Å². The molecule has 0 bridgehead atoms. The van der Waals surface area contributed by atoms with Gasteiger partial charge in [-0.15, -0.1) is 0 Å². The molecule has 1 aromatic rings. The number of hydrogen-bond acceptors (Lipinski definition) is 1. The molecule has 1 nitrogen and oxygen atoms in total. The second kappa shape index (κ2) is 2.61. The van der Waals surface area contributed by atoms with E-state index in [1.165, 1.54) is 5.46 Å². The molecule has 0 saturated heterocycles. The summed E-state index contributed by atoms with van der Waals surface area (Å²) in [7, 11) is 2.04. The van der Waals surface area contributed by atoms with Crippen LogP contribution in [0.5, 0.6) is 0 Å². The summed E-state index contributed by atoms with van der Waals surface area (Å²) in [4.78, 5) is 0. The van der Waals surface area contributed by atoms with Gasteiger partial charge in [-0.3, -0.25) is 0 Å². The average Bonchev–Trinajstić information content (AvgIpc) is 1.88. The van der Waals surface area contributed by atoms with Crippen LogP contribution in [0.2, 0.25) is 0 Å². The van der Waals surface area contributed by atoms with E-state index in [1.807, 2.05) is 32.1 Å². The molecule has 0 aromatic heterocycles. The molecule has 0 saturated carbocycles. The molecule has 0 radical (unpaired) electrons. The van der Waals surface area contributed by atoms with Crippen molar-refractivity contribution in [3.63, 3.8) is 0 Å². The van der Waals surface area contributed by atoms with Crippen molar-refractivity contribution < 1.29 is 0 Å². The Morgan fingerprint density at radius 3 is 2.20 bits per heavy atom. The molecule has 10 heavy (non-hydrogen) atoms. The molecule has 0 atom stereocenters. The van der Waals surface area contributed by atoms with Crippen LogP contribution in [0.4, 0.5) is 0 Å². The summed E-state index contributed by atoms with van der Waals surface area (Å²) in [6.45, 7) is 3.63. The Kier molecular flexibility index (Phi) is 1.81. The lowest BCUT2D eigenvalue weighted by Gasteiger charge is -1.98. The monoisotopic (exact) mass is 131 g/mol. The van der Waals surface area contributed by atoms with Crippen LogP contribution in [0.15, 0.2) is 30.8 Å². The van der Waals surface area contributed by atoms with E-state index in [9.17, 15) is 0 Å². The topological polar surface area (TPSA) is 26.0 Å². The van der Waals surface area contributed by atoms with Crippen LogP contribution >= 0.6 is 0 Å². The van der Waals surface area contributed by atoms with Crippen LogP contribution in [0.3, 0.4) is 0 Å². The maximum absolute atomic E-state index is 5.47.